The molecule has 1 aliphatic carbocycles. The molecular weight excluding hydrogens is 823 g/mol. The van der Waals surface area contributed by atoms with Crippen LogP contribution < -0.4 is 0 Å². The third-order valence-corrected chi connectivity index (χ3v) is 15.6. The van der Waals surface area contributed by atoms with Gasteiger partial charge in [-0.3, -0.25) is 9.59 Å². The maximum Gasteiger partial charge on any atom is 0.222 e. The Balaban J connectivity index is 2.41. The van der Waals surface area contributed by atoms with Crippen LogP contribution in [-0.2, 0) is 9.59 Å². The fraction of sp³-hybridized carbons (Fsp3) is 0.967. The second-order valence-electron chi connectivity index (χ2n) is 21.8. The Kier molecular flexibility index (Phi) is 47.5. The van der Waals surface area contributed by atoms with E-state index in [4.69, 9.17) is 0 Å². The van der Waals surface area contributed by atoms with Crippen LogP contribution in [0.4, 0.5) is 0 Å². The summed E-state index contributed by atoms with van der Waals surface area (Å²) in [6.07, 6.45) is 57.9. The molecule has 1 rings (SSSR count). The van der Waals surface area contributed by atoms with Crippen LogP contribution in [0.2, 0.25) is 0 Å². The first-order valence-corrected chi connectivity index (χ1v) is 30.9. The van der Waals surface area contributed by atoms with Crippen LogP contribution in [0.3, 0.4) is 0 Å². The van der Waals surface area contributed by atoms with Crippen LogP contribution in [-0.4, -0.2) is 83.5 Å². The minimum Gasteiger partial charge on any atom is -0.396 e. The van der Waals surface area contributed by atoms with Gasteiger partial charge in [0, 0.05) is 51.7 Å². The number of aliphatic hydroxyl groups is 1. The molecule has 0 heterocycles. The molecule has 0 unspecified atom stereocenters. The fourth-order valence-corrected chi connectivity index (χ4v) is 10.7. The van der Waals surface area contributed by atoms with Gasteiger partial charge in [-0.05, 0) is 83.2 Å². The zero-order valence-electron chi connectivity index (χ0n) is 46.2. The summed E-state index contributed by atoms with van der Waals surface area (Å²) in [7, 11) is 0. The second-order valence-corrected chi connectivity index (χ2v) is 21.8. The number of unbranched alkanes of at least 4 members (excludes halogenated alkanes) is 36. The molecule has 0 aliphatic heterocycles. The van der Waals surface area contributed by atoms with Crippen molar-refractivity contribution in [2.24, 2.45) is 5.92 Å². The number of aliphatic hydroxyl groups excluding tert-OH is 1. The van der Waals surface area contributed by atoms with E-state index in [9.17, 15) is 14.7 Å². The minimum absolute atomic E-state index is 0.327. The number of nitrogens with zero attached hydrogens (tertiary/aromatic N) is 3. The third kappa shape index (κ3) is 38.2. The Morgan fingerprint density at radius 2 is 0.567 bits per heavy atom. The molecule has 0 aromatic heterocycles. The largest absolute Gasteiger partial charge is 0.396 e. The summed E-state index contributed by atoms with van der Waals surface area (Å²) in [6, 6.07) is 0.557. The lowest BCUT2D eigenvalue weighted by Crippen LogP contribution is -2.49. The van der Waals surface area contributed by atoms with Crippen molar-refractivity contribution >= 4 is 11.8 Å². The van der Waals surface area contributed by atoms with Crippen molar-refractivity contribution in [3.8, 4) is 0 Å². The van der Waals surface area contributed by atoms with E-state index < -0.39 is 0 Å². The van der Waals surface area contributed by atoms with Crippen molar-refractivity contribution < 1.29 is 14.7 Å². The summed E-state index contributed by atoms with van der Waals surface area (Å²) in [6.45, 7) is 15.6. The summed E-state index contributed by atoms with van der Waals surface area (Å²) >= 11 is 0. The maximum absolute atomic E-state index is 13.5. The molecule has 0 radical (unpaired) electrons. The predicted molar refractivity (Wildman–Crippen MR) is 294 cm³/mol. The quantitative estimate of drug-likeness (QED) is 0.0617. The van der Waals surface area contributed by atoms with E-state index in [1.54, 1.807) is 0 Å². The van der Waals surface area contributed by atoms with Gasteiger partial charge in [-0.15, -0.1) is 0 Å². The van der Waals surface area contributed by atoms with Gasteiger partial charge < -0.3 is 19.8 Å². The molecule has 1 fully saturated rings. The fourth-order valence-electron chi connectivity index (χ4n) is 10.7. The van der Waals surface area contributed by atoms with E-state index in [0.717, 1.165) is 77.8 Å². The molecular formula is C61H121N3O3. The van der Waals surface area contributed by atoms with Gasteiger partial charge in [0.2, 0.25) is 11.8 Å². The number of carbonyl (C=O) groups is 2. The maximum atomic E-state index is 13.5. The first-order chi connectivity index (χ1) is 33.0. The number of carbonyl (C=O) groups excluding carboxylic acids is 2. The van der Waals surface area contributed by atoms with Gasteiger partial charge in [-0.25, -0.2) is 0 Å². The van der Waals surface area contributed by atoms with Gasteiger partial charge >= 0.3 is 0 Å². The van der Waals surface area contributed by atoms with Crippen molar-refractivity contribution in [2.75, 3.05) is 45.9 Å². The van der Waals surface area contributed by atoms with Crippen LogP contribution in [0, 0.1) is 5.92 Å². The monoisotopic (exact) mass is 944 g/mol. The molecule has 0 aromatic carbocycles. The highest BCUT2D eigenvalue weighted by molar-refractivity contribution is 5.76. The van der Waals surface area contributed by atoms with Crippen molar-refractivity contribution in [3.63, 3.8) is 0 Å². The lowest BCUT2D eigenvalue weighted by atomic mass is 9.79. The average Bonchev–Trinajstić information content (AvgIpc) is 3.32. The number of rotatable bonds is 54. The van der Waals surface area contributed by atoms with Crippen molar-refractivity contribution in [1.82, 2.24) is 14.7 Å². The Bertz CT molecular complexity index is 927. The van der Waals surface area contributed by atoms with E-state index in [2.05, 4.69) is 42.4 Å². The highest BCUT2D eigenvalue weighted by Gasteiger charge is 2.34. The molecule has 1 N–H and O–H groups in total. The topological polar surface area (TPSA) is 64.1 Å². The zero-order chi connectivity index (χ0) is 48.5. The summed E-state index contributed by atoms with van der Waals surface area (Å²) in [5.41, 5.74) is 0. The molecule has 398 valence electrons. The Morgan fingerprint density at radius 3 is 0.806 bits per heavy atom. The molecule has 6 heteroatoms. The zero-order valence-corrected chi connectivity index (χ0v) is 46.2. The van der Waals surface area contributed by atoms with Gasteiger partial charge in [0.25, 0.3) is 0 Å². The van der Waals surface area contributed by atoms with Gasteiger partial charge in [-0.2, -0.15) is 0 Å². The lowest BCUT2D eigenvalue weighted by molar-refractivity contribution is -0.132. The molecule has 0 spiro atoms. The van der Waals surface area contributed by atoms with Gasteiger partial charge in [0.1, 0.15) is 0 Å². The summed E-state index contributed by atoms with van der Waals surface area (Å²) < 4.78 is 0. The minimum atomic E-state index is 0.327. The first-order valence-electron chi connectivity index (χ1n) is 30.9. The van der Waals surface area contributed by atoms with E-state index in [-0.39, 0.29) is 0 Å². The van der Waals surface area contributed by atoms with Crippen LogP contribution >= 0.6 is 0 Å². The average molecular weight is 945 g/mol. The van der Waals surface area contributed by atoms with E-state index in [1.807, 2.05) is 0 Å². The van der Waals surface area contributed by atoms with E-state index in [1.165, 1.54) is 257 Å². The van der Waals surface area contributed by atoms with Crippen molar-refractivity contribution in [3.05, 3.63) is 0 Å². The molecule has 0 bridgehead atoms. The van der Waals surface area contributed by atoms with Crippen LogP contribution in [0.15, 0.2) is 0 Å². The van der Waals surface area contributed by atoms with Gasteiger partial charge in [-0.1, -0.05) is 246 Å². The van der Waals surface area contributed by atoms with Crippen LogP contribution in [0.25, 0.3) is 0 Å². The predicted octanol–water partition coefficient (Wildman–Crippen LogP) is 18.0. The van der Waals surface area contributed by atoms with Crippen LogP contribution in [0.5, 0.6) is 0 Å². The molecule has 1 saturated carbocycles. The first kappa shape index (κ1) is 63.9. The number of hydrogen-bond acceptors (Lipinski definition) is 4. The van der Waals surface area contributed by atoms with Crippen molar-refractivity contribution in [2.45, 2.75) is 329 Å². The lowest BCUT2D eigenvalue weighted by Gasteiger charge is -2.44. The molecule has 0 saturated heterocycles. The van der Waals surface area contributed by atoms with Crippen molar-refractivity contribution in [1.29, 1.82) is 0 Å². The van der Waals surface area contributed by atoms with Crippen LogP contribution in [0.1, 0.15) is 323 Å². The Morgan fingerprint density at radius 1 is 0.328 bits per heavy atom. The standard InChI is InChI=1S/C61H121N3O3/c1-5-9-13-17-21-25-33-43-53-63(54-44-34-26-22-18-14-10-6-2)60(66)47-39-31-29-37-41-51-62(59-50-49-58(59)57-65)52-42-38-30-32-40-48-61(67)64(55-45-35-27-23-19-15-11-7-3)56-46-36-28-24-20-16-12-8-4/h58-59,65H,5-57H2,1-4H3/t58-,59-/m0/s1. The third-order valence-electron chi connectivity index (χ3n) is 15.6. The van der Waals surface area contributed by atoms with Gasteiger partial charge in [0.05, 0.1) is 0 Å². The highest BCUT2D eigenvalue weighted by atomic mass is 16.3. The summed E-state index contributed by atoms with van der Waals surface area (Å²) in [4.78, 5) is 34.1. The summed E-state index contributed by atoms with van der Waals surface area (Å²) in [5, 5.41) is 10.1. The molecule has 6 nitrogen and oxygen atoms in total. The van der Waals surface area contributed by atoms with E-state index >= 15 is 0 Å². The summed E-state index contributed by atoms with van der Waals surface area (Å²) in [5.74, 6) is 1.28. The Labute approximate surface area is 420 Å². The molecule has 2 amide bonds. The molecule has 1 aliphatic rings. The Hall–Kier alpha value is -1.14. The van der Waals surface area contributed by atoms with E-state index in [0.29, 0.717) is 30.4 Å². The highest BCUT2D eigenvalue weighted by Crippen LogP contribution is 2.32. The number of amides is 2. The normalized spacial score (nSPS) is 14.8. The SMILES string of the molecule is CCCCCCCCCCN(CCCCCCCCCC)C(=O)CCCCCCCN(CCCCCCCC(=O)N(CCCCCCCCCC)CCCCCCCCCC)[C@H]1CC[C@H]1CO. The molecule has 0 aromatic rings. The molecule has 2 atom stereocenters. The number of hydrogen-bond donors (Lipinski definition) is 1. The van der Waals surface area contributed by atoms with Gasteiger partial charge in [0.15, 0.2) is 0 Å². The second kappa shape index (κ2) is 49.8. The molecule has 67 heavy (non-hydrogen) atoms. The smallest absolute Gasteiger partial charge is 0.222 e.